The standard InChI is InChI=1S/C7H3BrClN2/c8-6-1-4(9)2-7-5(6)3-10-11-7/h1-3H. The molecule has 0 amide bonds. The predicted octanol–water partition coefficient (Wildman–Crippen LogP) is 2.69. The Bertz CT molecular complexity index is 335. The monoisotopic (exact) mass is 229 g/mol. The second-order valence-electron chi connectivity index (χ2n) is 2.16. The first-order chi connectivity index (χ1) is 5.27. The van der Waals surface area contributed by atoms with Crippen LogP contribution in [-0.2, 0) is 0 Å². The maximum atomic E-state index is 5.78. The number of hydrogen-bond donors (Lipinski definition) is 0. The molecule has 0 aliphatic carbocycles. The summed E-state index contributed by atoms with van der Waals surface area (Å²) < 4.78 is 0.935. The highest BCUT2D eigenvalue weighted by molar-refractivity contribution is 9.10. The minimum absolute atomic E-state index is 0.671. The Hall–Kier alpha value is -0.540. The van der Waals surface area contributed by atoms with Gasteiger partial charge in [0.25, 0.3) is 0 Å². The van der Waals surface area contributed by atoms with E-state index in [0.717, 1.165) is 15.7 Å². The van der Waals surface area contributed by atoms with Gasteiger partial charge in [-0.15, -0.1) is 0 Å². The largest absolute Gasteiger partial charge is 0.158 e. The quantitative estimate of drug-likeness (QED) is 0.655. The average molecular weight is 230 g/mol. The fraction of sp³-hybridized carbons (Fsp3) is 0. The molecule has 0 bridgehead atoms. The first-order valence-electron chi connectivity index (χ1n) is 3.00. The van der Waals surface area contributed by atoms with Gasteiger partial charge in [0.1, 0.15) is 0 Å². The Balaban J connectivity index is 2.67. The van der Waals surface area contributed by atoms with Crippen LogP contribution in [-0.4, -0.2) is 6.21 Å². The molecule has 1 aliphatic heterocycles. The van der Waals surface area contributed by atoms with Crippen LogP contribution in [0.2, 0.25) is 5.02 Å². The molecule has 0 atom stereocenters. The van der Waals surface area contributed by atoms with E-state index in [1.165, 1.54) is 0 Å². The highest BCUT2D eigenvalue weighted by atomic mass is 79.9. The van der Waals surface area contributed by atoms with Crippen LogP contribution < -0.4 is 5.43 Å². The number of nitrogens with zero attached hydrogens (tertiary/aromatic N) is 2. The zero-order valence-electron chi connectivity index (χ0n) is 5.38. The molecule has 4 heteroatoms. The molecule has 0 saturated heterocycles. The lowest BCUT2D eigenvalue weighted by Crippen LogP contribution is -1.83. The van der Waals surface area contributed by atoms with Crippen LogP contribution in [0.3, 0.4) is 0 Å². The van der Waals surface area contributed by atoms with Gasteiger partial charge in [-0.3, -0.25) is 0 Å². The van der Waals surface area contributed by atoms with Gasteiger partial charge in [0.15, 0.2) is 0 Å². The summed E-state index contributed by atoms with van der Waals surface area (Å²) >= 11 is 9.15. The van der Waals surface area contributed by atoms with Crippen molar-refractivity contribution >= 4 is 39.4 Å². The zero-order chi connectivity index (χ0) is 7.84. The van der Waals surface area contributed by atoms with Crippen molar-refractivity contribution in [2.75, 3.05) is 0 Å². The zero-order valence-corrected chi connectivity index (χ0v) is 7.72. The van der Waals surface area contributed by atoms with Gasteiger partial charge in [0.2, 0.25) is 0 Å². The molecule has 1 aliphatic rings. The molecular formula is C7H3BrClN2. The maximum absolute atomic E-state index is 5.78. The normalized spacial score (nSPS) is 12.9. The van der Waals surface area contributed by atoms with Crippen molar-refractivity contribution in [3.63, 3.8) is 0 Å². The summed E-state index contributed by atoms with van der Waals surface area (Å²) in [5.74, 6) is 0. The van der Waals surface area contributed by atoms with E-state index in [4.69, 9.17) is 11.6 Å². The molecule has 0 spiro atoms. The molecule has 0 aromatic heterocycles. The van der Waals surface area contributed by atoms with Gasteiger partial charge in [0.05, 0.1) is 11.9 Å². The SMILES string of the molecule is Clc1cc(Br)c2c(c1)[N]N=C2. The van der Waals surface area contributed by atoms with Gasteiger partial charge in [-0.25, -0.2) is 0 Å². The minimum Gasteiger partial charge on any atom is -0.158 e. The summed E-state index contributed by atoms with van der Waals surface area (Å²) in [5.41, 5.74) is 5.69. The second-order valence-corrected chi connectivity index (χ2v) is 3.46. The van der Waals surface area contributed by atoms with Gasteiger partial charge < -0.3 is 0 Å². The summed E-state index contributed by atoms with van der Waals surface area (Å²) in [6.45, 7) is 0. The van der Waals surface area contributed by atoms with E-state index in [1.54, 1.807) is 12.3 Å². The topological polar surface area (TPSA) is 26.5 Å². The first kappa shape index (κ1) is 7.13. The van der Waals surface area contributed by atoms with E-state index in [2.05, 4.69) is 26.5 Å². The van der Waals surface area contributed by atoms with Gasteiger partial charge in [0, 0.05) is 15.1 Å². The molecule has 2 rings (SSSR count). The lowest BCUT2D eigenvalue weighted by Gasteiger charge is -1.98. The molecule has 1 aromatic rings. The van der Waals surface area contributed by atoms with Crippen LogP contribution in [0.4, 0.5) is 5.69 Å². The van der Waals surface area contributed by atoms with E-state index in [1.807, 2.05) is 6.07 Å². The van der Waals surface area contributed by atoms with Crippen LogP contribution >= 0.6 is 27.5 Å². The molecule has 2 nitrogen and oxygen atoms in total. The Labute approximate surface area is 77.4 Å². The van der Waals surface area contributed by atoms with Gasteiger partial charge >= 0.3 is 0 Å². The number of halogens is 2. The van der Waals surface area contributed by atoms with E-state index in [-0.39, 0.29) is 0 Å². The van der Waals surface area contributed by atoms with Crippen LogP contribution in [0.5, 0.6) is 0 Å². The van der Waals surface area contributed by atoms with Gasteiger partial charge in [-0.05, 0) is 28.1 Å². The molecule has 0 fully saturated rings. The maximum Gasteiger partial charge on any atom is 0.0971 e. The first-order valence-corrected chi connectivity index (χ1v) is 4.17. The van der Waals surface area contributed by atoms with Crippen molar-refractivity contribution in [3.8, 4) is 0 Å². The van der Waals surface area contributed by atoms with E-state index in [0.29, 0.717) is 5.02 Å². The van der Waals surface area contributed by atoms with Crippen molar-refractivity contribution in [1.29, 1.82) is 0 Å². The van der Waals surface area contributed by atoms with Crippen molar-refractivity contribution in [3.05, 3.63) is 27.2 Å². The number of rotatable bonds is 0. The molecule has 1 aromatic carbocycles. The van der Waals surface area contributed by atoms with Crippen molar-refractivity contribution in [2.45, 2.75) is 0 Å². The number of hydrogen-bond acceptors (Lipinski definition) is 1. The minimum atomic E-state index is 0.671. The molecule has 1 radical (unpaired) electrons. The van der Waals surface area contributed by atoms with Crippen LogP contribution in [0.1, 0.15) is 5.56 Å². The van der Waals surface area contributed by atoms with E-state index >= 15 is 0 Å². The second kappa shape index (κ2) is 2.50. The summed E-state index contributed by atoms with van der Waals surface area (Å²) in [4.78, 5) is 0. The fourth-order valence-corrected chi connectivity index (χ4v) is 1.83. The summed E-state index contributed by atoms with van der Waals surface area (Å²) in [6, 6.07) is 3.61. The fourth-order valence-electron chi connectivity index (χ4n) is 0.931. The van der Waals surface area contributed by atoms with E-state index < -0.39 is 0 Å². The van der Waals surface area contributed by atoms with Crippen molar-refractivity contribution in [1.82, 2.24) is 5.43 Å². The molecule has 11 heavy (non-hydrogen) atoms. The van der Waals surface area contributed by atoms with Crippen molar-refractivity contribution in [2.24, 2.45) is 5.10 Å². The third-order valence-electron chi connectivity index (χ3n) is 1.42. The third kappa shape index (κ3) is 1.14. The highest BCUT2D eigenvalue weighted by Gasteiger charge is 2.11. The third-order valence-corrected chi connectivity index (χ3v) is 2.30. The molecule has 0 N–H and O–H groups in total. The average Bonchev–Trinajstić information content (AvgIpc) is 2.34. The van der Waals surface area contributed by atoms with Crippen LogP contribution in [0, 0.1) is 0 Å². The van der Waals surface area contributed by atoms with E-state index in [9.17, 15) is 0 Å². The predicted molar refractivity (Wildman–Crippen MR) is 48.5 cm³/mol. The Kier molecular flexibility index (Phi) is 1.62. The Morgan fingerprint density at radius 3 is 3.00 bits per heavy atom. The summed E-state index contributed by atoms with van der Waals surface area (Å²) in [7, 11) is 0. The Morgan fingerprint density at radius 2 is 2.18 bits per heavy atom. The van der Waals surface area contributed by atoms with Gasteiger partial charge in [-0.2, -0.15) is 10.5 Å². The summed E-state index contributed by atoms with van der Waals surface area (Å²) in [6.07, 6.45) is 1.70. The molecular weight excluding hydrogens is 227 g/mol. The number of fused-ring (bicyclic) bond motifs is 1. The molecule has 0 saturated carbocycles. The van der Waals surface area contributed by atoms with Crippen LogP contribution in [0.15, 0.2) is 21.7 Å². The van der Waals surface area contributed by atoms with Crippen LogP contribution in [0.25, 0.3) is 0 Å². The smallest absolute Gasteiger partial charge is 0.0971 e. The Morgan fingerprint density at radius 1 is 1.36 bits per heavy atom. The lowest BCUT2D eigenvalue weighted by molar-refractivity contribution is 0.991. The molecule has 1 heterocycles. The molecule has 0 unspecified atom stereocenters. The van der Waals surface area contributed by atoms with Gasteiger partial charge in [-0.1, -0.05) is 11.6 Å². The summed E-state index contributed by atoms with van der Waals surface area (Å²) in [5, 5.41) is 4.44. The number of benzene rings is 1. The molecule has 55 valence electrons. The van der Waals surface area contributed by atoms with Crippen molar-refractivity contribution < 1.29 is 0 Å². The lowest BCUT2D eigenvalue weighted by atomic mass is 10.2. The highest BCUT2D eigenvalue weighted by Crippen LogP contribution is 2.30.